The molecule has 0 saturated carbocycles. The molecule has 1 unspecified atom stereocenters. The van der Waals surface area contributed by atoms with E-state index >= 15 is 0 Å². The fraction of sp³-hybridized carbons (Fsp3) is 0.0667. The summed E-state index contributed by atoms with van der Waals surface area (Å²) in [5, 5.41) is 11.9. The molecule has 0 saturated heterocycles. The van der Waals surface area contributed by atoms with Crippen molar-refractivity contribution in [2.45, 2.75) is 5.25 Å². The molecule has 0 radical (unpaired) electrons. The molecule has 0 aliphatic carbocycles. The lowest BCUT2D eigenvalue weighted by atomic mass is 10.1. The third-order valence-electron chi connectivity index (χ3n) is 3.29. The standard InChI is InChI=1S/C15H10Cl2N2O2S/c16-11-2-1-3-12(17)15(11)14-8-13(18-22-14)9-4-6-10(7-5-9)19(20)21/h1-8,14,18H. The van der Waals surface area contributed by atoms with Crippen molar-refractivity contribution in [1.29, 1.82) is 0 Å². The molecule has 22 heavy (non-hydrogen) atoms. The van der Waals surface area contributed by atoms with E-state index in [9.17, 15) is 10.1 Å². The number of rotatable bonds is 3. The minimum Gasteiger partial charge on any atom is -0.329 e. The van der Waals surface area contributed by atoms with Gasteiger partial charge in [-0.25, -0.2) is 0 Å². The van der Waals surface area contributed by atoms with Crippen LogP contribution in [0.2, 0.25) is 10.0 Å². The Balaban J connectivity index is 1.90. The van der Waals surface area contributed by atoms with Crippen LogP contribution in [0.4, 0.5) is 5.69 Å². The molecule has 0 bridgehead atoms. The summed E-state index contributed by atoms with van der Waals surface area (Å²) in [6.07, 6.45) is 2.01. The zero-order valence-electron chi connectivity index (χ0n) is 11.1. The molecule has 2 aromatic rings. The molecule has 2 aromatic carbocycles. The van der Waals surface area contributed by atoms with Gasteiger partial charge in [-0.15, -0.1) is 0 Å². The van der Waals surface area contributed by atoms with Crippen molar-refractivity contribution in [3.63, 3.8) is 0 Å². The predicted molar refractivity (Wildman–Crippen MR) is 91.0 cm³/mol. The second-order valence-corrected chi connectivity index (χ2v) is 6.42. The highest BCUT2D eigenvalue weighted by molar-refractivity contribution is 7.98. The number of nitrogens with zero attached hydrogens (tertiary/aromatic N) is 1. The smallest absolute Gasteiger partial charge is 0.269 e. The van der Waals surface area contributed by atoms with Crippen LogP contribution in [0.3, 0.4) is 0 Å². The average molecular weight is 353 g/mol. The van der Waals surface area contributed by atoms with Crippen LogP contribution in [-0.2, 0) is 0 Å². The number of nitro groups is 1. The van der Waals surface area contributed by atoms with Crippen molar-refractivity contribution in [2.75, 3.05) is 0 Å². The molecule has 1 atom stereocenters. The molecule has 1 aliphatic rings. The Morgan fingerprint density at radius 2 is 1.73 bits per heavy atom. The largest absolute Gasteiger partial charge is 0.329 e. The molecule has 0 fully saturated rings. The lowest BCUT2D eigenvalue weighted by molar-refractivity contribution is -0.384. The number of hydrogen-bond donors (Lipinski definition) is 1. The first kappa shape index (κ1) is 15.2. The van der Waals surface area contributed by atoms with Gasteiger partial charge >= 0.3 is 0 Å². The lowest BCUT2D eigenvalue weighted by Crippen LogP contribution is -1.97. The molecule has 3 rings (SSSR count). The fourth-order valence-electron chi connectivity index (χ4n) is 2.19. The van der Waals surface area contributed by atoms with E-state index in [1.165, 1.54) is 24.1 Å². The molecule has 1 aliphatic heterocycles. The summed E-state index contributed by atoms with van der Waals surface area (Å²) in [6, 6.07) is 11.8. The van der Waals surface area contributed by atoms with Gasteiger partial charge in [-0.3, -0.25) is 10.1 Å². The van der Waals surface area contributed by atoms with Crippen molar-refractivity contribution >= 4 is 46.5 Å². The second-order valence-electron chi connectivity index (χ2n) is 4.66. The molecule has 1 N–H and O–H groups in total. The maximum Gasteiger partial charge on any atom is 0.269 e. The summed E-state index contributed by atoms with van der Waals surface area (Å²) in [6.45, 7) is 0. The van der Waals surface area contributed by atoms with E-state index in [1.807, 2.05) is 12.1 Å². The number of benzene rings is 2. The number of halogens is 2. The van der Waals surface area contributed by atoms with Crippen LogP contribution in [0.1, 0.15) is 16.4 Å². The minimum atomic E-state index is -0.415. The average Bonchev–Trinajstić information content (AvgIpc) is 2.97. The van der Waals surface area contributed by atoms with Crippen LogP contribution in [0.25, 0.3) is 5.70 Å². The van der Waals surface area contributed by atoms with E-state index in [0.29, 0.717) is 10.0 Å². The highest BCUT2D eigenvalue weighted by Crippen LogP contribution is 2.43. The van der Waals surface area contributed by atoms with Gasteiger partial charge in [-0.1, -0.05) is 29.3 Å². The SMILES string of the molecule is O=[N+]([O-])c1ccc(C2=CC(c3c(Cl)cccc3Cl)SN2)cc1. The maximum atomic E-state index is 10.7. The number of nitro benzene ring substituents is 1. The van der Waals surface area contributed by atoms with Crippen LogP contribution in [0.15, 0.2) is 48.5 Å². The summed E-state index contributed by atoms with van der Waals surface area (Å²) in [4.78, 5) is 10.3. The molecule has 7 heteroatoms. The van der Waals surface area contributed by atoms with Gasteiger partial charge in [0.2, 0.25) is 0 Å². The monoisotopic (exact) mass is 352 g/mol. The molecule has 112 valence electrons. The number of nitrogens with one attached hydrogen (secondary N) is 1. The molecular weight excluding hydrogens is 343 g/mol. The van der Waals surface area contributed by atoms with Gasteiger partial charge in [0.15, 0.2) is 0 Å². The number of hydrogen-bond acceptors (Lipinski definition) is 4. The van der Waals surface area contributed by atoms with E-state index < -0.39 is 4.92 Å². The van der Waals surface area contributed by atoms with E-state index in [2.05, 4.69) is 4.72 Å². The summed E-state index contributed by atoms with van der Waals surface area (Å²) in [5.41, 5.74) is 2.70. The van der Waals surface area contributed by atoms with Gasteiger partial charge in [0, 0.05) is 33.4 Å². The highest BCUT2D eigenvalue weighted by atomic mass is 35.5. The van der Waals surface area contributed by atoms with Gasteiger partial charge in [0.05, 0.1) is 10.2 Å². The molecule has 0 aromatic heterocycles. The van der Waals surface area contributed by atoms with E-state index in [0.717, 1.165) is 16.8 Å². The zero-order chi connectivity index (χ0) is 15.7. The zero-order valence-corrected chi connectivity index (χ0v) is 13.5. The van der Waals surface area contributed by atoms with E-state index in [4.69, 9.17) is 23.2 Å². The van der Waals surface area contributed by atoms with Crippen LogP contribution < -0.4 is 4.72 Å². The topological polar surface area (TPSA) is 55.2 Å². The Kier molecular flexibility index (Phi) is 4.29. The summed E-state index contributed by atoms with van der Waals surface area (Å²) >= 11 is 14.0. The third kappa shape index (κ3) is 2.92. The third-order valence-corrected chi connectivity index (χ3v) is 4.91. The molecule has 0 amide bonds. The highest BCUT2D eigenvalue weighted by Gasteiger charge is 2.23. The van der Waals surface area contributed by atoms with Crippen LogP contribution >= 0.6 is 35.1 Å². The van der Waals surface area contributed by atoms with E-state index in [-0.39, 0.29) is 10.9 Å². The Bertz CT molecular complexity index is 742. The first-order valence-corrected chi connectivity index (χ1v) is 8.02. The van der Waals surface area contributed by atoms with Gasteiger partial charge in [-0.05, 0) is 47.9 Å². The van der Waals surface area contributed by atoms with Crippen LogP contribution in [-0.4, -0.2) is 4.92 Å². The van der Waals surface area contributed by atoms with E-state index in [1.54, 1.807) is 24.3 Å². The number of non-ortho nitro benzene ring substituents is 1. The normalized spacial score (nSPS) is 17.0. The molecule has 1 heterocycles. The second kappa shape index (κ2) is 6.20. The van der Waals surface area contributed by atoms with Crippen molar-refractivity contribution in [1.82, 2.24) is 4.72 Å². The minimum absolute atomic E-state index is 0.00797. The quantitative estimate of drug-likeness (QED) is 0.466. The summed E-state index contributed by atoms with van der Waals surface area (Å²) in [7, 11) is 0. The van der Waals surface area contributed by atoms with Crippen molar-refractivity contribution in [2.24, 2.45) is 0 Å². The Hall–Kier alpha value is -1.69. The summed E-state index contributed by atoms with van der Waals surface area (Å²) < 4.78 is 3.22. The maximum absolute atomic E-state index is 10.7. The van der Waals surface area contributed by atoms with Crippen molar-refractivity contribution in [3.05, 3.63) is 79.8 Å². The Morgan fingerprint density at radius 3 is 2.32 bits per heavy atom. The van der Waals surface area contributed by atoms with Crippen molar-refractivity contribution in [3.8, 4) is 0 Å². The molecular formula is C15H10Cl2N2O2S. The Morgan fingerprint density at radius 1 is 1.09 bits per heavy atom. The van der Waals surface area contributed by atoms with Gasteiger partial charge in [0.1, 0.15) is 0 Å². The van der Waals surface area contributed by atoms with Gasteiger partial charge < -0.3 is 4.72 Å². The van der Waals surface area contributed by atoms with Gasteiger partial charge in [-0.2, -0.15) is 0 Å². The lowest BCUT2D eigenvalue weighted by Gasteiger charge is -2.10. The first-order valence-electron chi connectivity index (χ1n) is 6.38. The predicted octanol–water partition coefficient (Wildman–Crippen LogP) is 5.24. The van der Waals surface area contributed by atoms with Gasteiger partial charge in [0.25, 0.3) is 5.69 Å². The first-order chi connectivity index (χ1) is 10.6. The van der Waals surface area contributed by atoms with Crippen LogP contribution in [0.5, 0.6) is 0 Å². The van der Waals surface area contributed by atoms with Crippen LogP contribution in [0, 0.1) is 10.1 Å². The summed E-state index contributed by atoms with van der Waals surface area (Å²) in [5.74, 6) is 0. The molecule has 4 nitrogen and oxygen atoms in total. The Labute approximate surface area is 141 Å². The fourth-order valence-corrected chi connectivity index (χ4v) is 3.97. The molecule has 0 spiro atoms. The van der Waals surface area contributed by atoms with Crippen molar-refractivity contribution < 1.29 is 4.92 Å².